The van der Waals surface area contributed by atoms with E-state index >= 15 is 0 Å². The average molecular weight is 364 g/mol. The van der Waals surface area contributed by atoms with E-state index in [1.807, 2.05) is 0 Å². The van der Waals surface area contributed by atoms with E-state index in [-0.39, 0.29) is 11.9 Å². The summed E-state index contributed by atoms with van der Waals surface area (Å²) in [6.45, 7) is 7.37. The molecule has 8 heteroatoms. The number of carbonyl (C=O) groups excluding carboxylic acids is 1. The number of halogens is 4. The summed E-state index contributed by atoms with van der Waals surface area (Å²) in [4.78, 5) is 11.5. The molecule has 0 heterocycles. The monoisotopic (exact) mass is 363 g/mol. The molecule has 120 valence electrons. The van der Waals surface area contributed by atoms with Gasteiger partial charge in [0, 0.05) is 5.33 Å². The zero-order valence-electron chi connectivity index (χ0n) is 12.2. The molecule has 0 saturated carbocycles. The van der Waals surface area contributed by atoms with Crippen LogP contribution in [0, 0.1) is 0 Å². The molecule has 0 aromatic rings. The van der Waals surface area contributed by atoms with Crippen molar-refractivity contribution in [3.8, 4) is 0 Å². The minimum atomic E-state index is -4.45. The second kappa shape index (κ2) is 6.98. The van der Waals surface area contributed by atoms with Gasteiger partial charge < -0.3 is 14.8 Å². The van der Waals surface area contributed by atoms with Crippen LogP contribution in [-0.4, -0.2) is 41.5 Å². The van der Waals surface area contributed by atoms with Crippen LogP contribution in [0.25, 0.3) is 0 Å². The van der Waals surface area contributed by atoms with Crippen molar-refractivity contribution in [3.63, 3.8) is 0 Å². The predicted octanol–water partition coefficient (Wildman–Crippen LogP) is 3.63. The van der Waals surface area contributed by atoms with Gasteiger partial charge in [-0.05, 0) is 34.6 Å². The van der Waals surface area contributed by atoms with Crippen LogP contribution in [0.1, 0.15) is 34.6 Å². The van der Waals surface area contributed by atoms with Crippen LogP contribution in [-0.2, 0) is 9.47 Å². The van der Waals surface area contributed by atoms with Gasteiger partial charge >= 0.3 is 12.3 Å². The van der Waals surface area contributed by atoms with Gasteiger partial charge in [-0.3, -0.25) is 0 Å². The molecule has 0 aromatic carbocycles. The molecule has 4 nitrogen and oxygen atoms in total. The van der Waals surface area contributed by atoms with Crippen LogP contribution < -0.4 is 5.32 Å². The first-order chi connectivity index (χ1) is 8.79. The number of amides is 1. The van der Waals surface area contributed by atoms with Crippen molar-refractivity contribution < 1.29 is 27.4 Å². The third-order valence-electron chi connectivity index (χ3n) is 2.21. The quantitative estimate of drug-likeness (QED) is 0.758. The molecule has 0 rings (SSSR count). The highest BCUT2D eigenvalue weighted by Crippen LogP contribution is 2.27. The van der Waals surface area contributed by atoms with Gasteiger partial charge in [-0.1, -0.05) is 15.9 Å². The minimum Gasteiger partial charge on any atom is -0.444 e. The number of rotatable bonds is 5. The lowest BCUT2D eigenvalue weighted by atomic mass is 10.1. The molecule has 0 saturated heterocycles. The fraction of sp³-hybridized carbons (Fsp3) is 0.917. The molecule has 0 aromatic heterocycles. The summed E-state index contributed by atoms with van der Waals surface area (Å²) in [5.41, 5.74) is -1.86. The van der Waals surface area contributed by atoms with Gasteiger partial charge in [0.2, 0.25) is 0 Å². The maximum absolute atomic E-state index is 12.5. The number of nitrogens with one attached hydrogen (secondary N) is 1. The summed E-state index contributed by atoms with van der Waals surface area (Å²) >= 11 is 3.09. The Morgan fingerprint density at radius 3 is 2.10 bits per heavy atom. The van der Waals surface area contributed by atoms with Gasteiger partial charge in [0.1, 0.15) is 5.60 Å². The smallest absolute Gasteiger partial charge is 0.414 e. The zero-order chi connectivity index (χ0) is 16.2. The molecule has 1 amide bonds. The van der Waals surface area contributed by atoms with Crippen molar-refractivity contribution in [1.82, 2.24) is 5.32 Å². The van der Waals surface area contributed by atoms with Gasteiger partial charge in [0.15, 0.2) is 6.10 Å². The van der Waals surface area contributed by atoms with Gasteiger partial charge in [-0.2, -0.15) is 13.2 Å². The summed E-state index contributed by atoms with van der Waals surface area (Å²) in [6.07, 6.45) is -7.08. The number of hydrogen-bond acceptors (Lipinski definition) is 3. The SMILES string of the molecule is CC(OC(C)(CBr)CNC(=O)OC(C)(C)C)C(F)(F)F. The average Bonchev–Trinajstić information content (AvgIpc) is 2.23. The Balaban J connectivity index is 4.49. The molecule has 2 unspecified atom stereocenters. The lowest BCUT2D eigenvalue weighted by Crippen LogP contribution is -2.49. The van der Waals surface area contributed by atoms with Crippen molar-refractivity contribution in [2.24, 2.45) is 0 Å². The molecule has 0 aliphatic carbocycles. The maximum Gasteiger partial charge on any atom is 0.414 e. The Labute approximate surface area is 125 Å². The van der Waals surface area contributed by atoms with E-state index in [1.54, 1.807) is 20.8 Å². The number of carbonyl (C=O) groups is 1. The van der Waals surface area contributed by atoms with E-state index in [4.69, 9.17) is 9.47 Å². The predicted molar refractivity (Wildman–Crippen MR) is 73.0 cm³/mol. The number of alkyl carbamates (subject to hydrolysis) is 1. The van der Waals surface area contributed by atoms with Crippen LogP contribution in [0.3, 0.4) is 0 Å². The second-order valence-electron chi connectivity index (χ2n) is 5.74. The highest BCUT2D eigenvalue weighted by molar-refractivity contribution is 9.09. The fourth-order valence-electron chi connectivity index (χ4n) is 1.19. The molecule has 20 heavy (non-hydrogen) atoms. The number of alkyl halides is 4. The maximum atomic E-state index is 12.5. The van der Waals surface area contributed by atoms with Gasteiger partial charge in [0.25, 0.3) is 0 Å². The van der Waals surface area contributed by atoms with Gasteiger partial charge in [0.05, 0.1) is 12.1 Å². The lowest BCUT2D eigenvalue weighted by Gasteiger charge is -2.32. The third kappa shape index (κ3) is 7.94. The molecular weight excluding hydrogens is 343 g/mol. The molecule has 0 radical (unpaired) electrons. The van der Waals surface area contributed by atoms with Gasteiger partial charge in [-0.15, -0.1) is 0 Å². The summed E-state index contributed by atoms with van der Waals surface area (Å²) in [5.74, 6) is 0. The summed E-state index contributed by atoms with van der Waals surface area (Å²) < 4.78 is 47.5. The molecule has 0 bridgehead atoms. The highest BCUT2D eigenvalue weighted by Gasteiger charge is 2.41. The Bertz CT molecular complexity index is 331. The first kappa shape index (κ1) is 19.5. The molecule has 0 aliphatic rings. The summed E-state index contributed by atoms with van der Waals surface area (Å²) in [7, 11) is 0. The first-order valence-electron chi connectivity index (χ1n) is 6.06. The molecule has 2 atom stereocenters. The van der Waals surface area contributed by atoms with E-state index in [1.165, 1.54) is 6.92 Å². The highest BCUT2D eigenvalue weighted by atomic mass is 79.9. The minimum absolute atomic E-state index is 0.104. The Morgan fingerprint density at radius 1 is 1.25 bits per heavy atom. The molecule has 1 N–H and O–H groups in total. The summed E-state index contributed by atoms with van der Waals surface area (Å²) in [6, 6.07) is 0. The molecule has 0 spiro atoms. The van der Waals surface area contributed by atoms with Crippen molar-refractivity contribution in [2.75, 3.05) is 11.9 Å². The standard InChI is InChI=1S/C12H21BrF3NO3/c1-8(12(14,15)16)19-11(5,6-13)7-17-9(18)20-10(2,3)4/h8H,6-7H2,1-5H3,(H,17,18). The topological polar surface area (TPSA) is 47.6 Å². The first-order valence-corrected chi connectivity index (χ1v) is 7.18. The van der Waals surface area contributed by atoms with Gasteiger partial charge in [-0.25, -0.2) is 4.79 Å². The molecule has 0 fully saturated rings. The van der Waals surface area contributed by atoms with E-state index in [0.717, 1.165) is 6.92 Å². The van der Waals surface area contributed by atoms with Crippen LogP contribution >= 0.6 is 15.9 Å². The zero-order valence-corrected chi connectivity index (χ0v) is 13.8. The van der Waals surface area contributed by atoms with Crippen molar-refractivity contribution >= 4 is 22.0 Å². The van der Waals surface area contributed by atoms with E-state index < -0.39 is 29.6 Å². The van der Waals surface area contributed by atoms with Crippen LogP contribution in [0.15, 0.2) is 0 Å². The van der Waals surface area contributed by atoms with E-state index in [9.17, 15) is 18.0 Å². The normalized spacial score (nSPS) is 17.2. The molecular formula is C12H21BrF3NO3. The van der Waals surface area contributed by atoms with Crippen molar-refractivity contribution in [2.45, 2.75) is 58.1 Å². The lowest BCUT2D eigenvalue weighted by molar-refractivity contribution is -0.239. The molecule has 0 aliphatic heterocycles. The fourth-order valence-corrected chi connectivity index (χ4v) is 1.52. The van der Waals surface area contributed by atoms with Crippen LogP contribution in [0.5, 0.6) is 0 Å². The van der Waals surface area contributed by atoms with Crippen LogP contribution in [0.2, 0.25) is 0 Å². The number of hydrogen-bond donors (Lipinski definition) is 1. The summed E-state index contributed by atoms with van der Waals surface area (Å²) in [5, 5.41) is 2.54. The number of ether oxygens (including phenoxy) is 2. The van der Waals surface area contributed by atoms with Crippen molar-refractivity contribution in [1.29, 1.82) is 0 Å². The largest absolute Gasteiger partial charge is 0.444 e. The Hall–Kier alpha value is -0.500. The third-order valence-corrected chi connectivity index (χ3v) is 3.40. The van der Waals surface area contributed by atoms with E-state index in [0.29, 0.717) is 0 Å². The van der Waals surface area contributed by atoms with Crippen molar-refractivity contribution in [3.05, 3.63) is 0 Å². The van der Waals surface area contributed by atoms with E-state index in [2.05, 4.69) is 21.2 Å². The second-order valence-corrected chi connectivity index (χ2v) is 6.30. The Kier molecular flexibility index (Phi) is 6.80. The Morgan fingerprint density at radius 2 is 1.75 bits per heavy atom. The van der Waals surface area contributed by atoms with Crippen LogP contribution in [0.4, 0.5) is 18.0 Å².